The highest BCUT2D eigenvalue weighted by molar-refractivity contribution is 5.92. The van der Waals surface area contributed by atoms with Gasteiger partial charge >= 0.3 is 6.03 Å². The zero-order valence-corrected chi connectivity index (χ0v) is 19.2. The summed E-state index contributed by atoms with van der Waals surface area (Å²) in [5, 5.41) is 13.3. The van der Waals surface area contributed by atoms with E-state index in [4.69, 9.17) is 5.10 Å². The quantitative estimate of drug-likeness (QED) is 0.644. The number of benzene rings is 1. The van der Waals surface area contributed by atoms with Crippen LogP contribution < -0.4 is 16.0 Å². The van der Waals surface area contributed by atoms with Crippen LogP contribution in [0.25, 0.3) is 0 Å². The summed E-state index contributed by atoms with van der Waals surface area (Å²) >= 11 is 0. The Bertz CT molecular complexity index is 870. The second-order valence-electron chi connectivity index (χ2n) is 9.55. The van der Waals surface area contributed by atoms with Gasteiger partial charge in [0.25, 0.3) is 0 Å². The molecule has 164 valence electrons. The first-order chi connectivity index (χ1) is 13.9. The SMILES string of the molecule is CCCNC(=O)Nc1ccc(CC(=O)Nc2cc(C(C)(C)C)nn2C(C)(C)C)cc1. The van der Waals surface area contributed by atoms with Crippen LogP contribution in [0.4, 0.5) is 16.3 Å². The van der Waals surface area contributed by atoms with Gasteiger partial charge in [-0.3, -0.25) is 4.79 Å². The molecule has 0 aliphatic heterocycles. The summed E-state index contributed by atoms with van der Waals surface area (Å²) in [6, 6.07) is 9.00. The van der Waals surface area contributed by atoms with E-state index in [1.165, 1.54) is 0 Å². The van der Waals surface area contributed by atoms with Crippen molar-refractivity contribution in [2.24, 2.45) is 0 Å². The standard InChI is InChI=1S/C23H35N5O2/c1-8-13-24-21(30)25-17-11-9-16(10-12-17)14-20(29)26-19-15-18(22(2,3)4)27-28(19)23(5,6)7/h9-12,15H,8,13-14H2,1-7H3,(H,26,29)(H2,24,25,30). The Morgan fingerprint density at radius 2 is 1.63 bits per heavy atom. The third-order valence-corrected chi connectivity index (χ3v) is 4.49. The van der Waals surface area contributed by atoms with Gasteiger partial charge in [-0.15, -0.1) is 0 Å². The molecule has 1 heterocycles. The molecule has 1 aromatic heterocycles. The van der Waals surface area contributed by atoms with Gasteiger partial charge in [-0.2, -0.15) is 5.10 Å². The Balaban J connectivity index is 2.05. The van der Waals surface area contributed by atoms with E-state index in [0.717, 1.165) is 17.7 Å². The van der Waals surface area contributed by atoms with Crippen LogP contribution in [0.5, 0.6) is 0 Å². The summed E-state index contributed by atoms with van der Waals surface area (Å²) in [5.74, 6) is 0.588. The molecule has 7 heteroatoms. The van der Waals surface area contributed by atoms with Gasteiger partial charge in [0, 0.05) is 23.7 Å². The minimum Gasteiger partial charge on any atom is -0.338 e. The maximum atomic E-state index is 12.7. The molecule has 0 aliphatic carbocycles. The Morgan fingerprint density at radius 3 is 2.17 bits per heavy atom. The number of carbonyl (C=O) groups excluding carboxylic acids is 2. The van der Waals surface area contributed by atoms with Gasteiger partial charge in [0.1, 0.15) is 5.82 Å². The molecule has 1 aromatic carbocycles. The number of hydrogen-bond donors (Lipinski definition) is 3. The average Bonchev–Trinajstić information content (AvgIpc) is 3.06. The number of aromatic nitrogens is 2. The van der Waals surface area contributed by atoms with Crippen molar-refractivity contribution in [3.8, 4) is 0 Å². The molecule has 0 fully saturated rings. The van der Waals surface area contributed by atoms with Crippen molar-refractivity contribution in [1.82, 2.24) is 15.1 Å². The van der Waals surface area contributed by atoms with Crippen LogP contribution in [0, 0.1) is 0 Å². The first-order valence-corrected chi connectivity index (χ1v) is 10.4. The van der Waals surface area contributed by atoms with Crippen LogP contribution >= 0.6 is 0 Å². The highest BCUT2D eigenvalue weighted by Crippen LogP contribution is 2.28. The second kappa shape index (κ2) is 9.32. The summed E-state index contributed by atoms with van der Waals surface area (Å²) in [4.78, 5) is 24.4. The van der Waals surface area contributed by atoms with Crippen molar-refractivity contribution < 1.29 is 9.59 Å². The number of rotatable bonds is 6. The largest absolute Gasteiger partial charge is 0.338 e. The average molecular weight is 414 g/mol. The molecular weight excluding hydrogens is 378 g/mol. The lowest BCUT2D eigenvalue weighted by atomic mass is 9.92. The summed E-state index contributed by atoms with van der Waals surface area (Å²) in [6.07, 6.45) is 1.12. The Kier molecular flexibility index (Phi) is 7.29. The molecule has 2 rings (SSSR count). The summed E-state index contributed by atoms with van der Waals surface area (Å²) in [6.45, 7) is 15.1. The van der Waals surface area contributed by atoms with Crippen molar-refractivity contribution in [2.75, 3.05) is 17.2 Å². The predicted octanol–water partition coefficient (Wildman–Crippen LogP) is 4.65. The highest BCUT2D eigenvalue weighted by Gasteiger charge is 2.25. The maximum absolute atomic E-state index is 12.7. The number of nitrogens with zero attached hydrogens (tertiary/aromatic N) is 2. The molecule has 0 saturated heterocycles. The zero-order valence-electron chi connectivity index (χ0n) is 19.2. The van der Waals surface area contributed by atoms with Crippen LogP contribution in [0.2, 0.25) is 0 Å². The maximum Gasteiger partial charge on any atom is 0.319 e. The number of hydrogen-bond acceptors (Lipinski definition) is 3. The number of nitrogens with one attached hydrogen (secondary N) is 3. The minimum absolute atomic E-state index is 0.109. The van der Waals surface area contributed by atoms with Gasteiger partial charge in [0.2, 0.25) is 5.91 Å². The van der Waals surface area contributed by atoms with Crippen molar-refractivity contribution in [3.63, 3.8) is 0 Å². The fourth-order valence-electron chi connectivity index (χ4n) is 2.84. The first-order valence-electron chi connectivity index (χ1n) is 10.4. The monoisotopic (exact) mass is 413 g/mol. The first kappa shape index (κ1) is 23.4. The second-order valence-corrected chi connectivity index (χ2v) is 9.55. The third kappa shape index (κ3) is 6.61. The Labute approximate surface area is 179 Å². The van der Waals surface area contributed by atoms with E-state index in [-0.39, 0.29) is 29.3 Å². The van der Waals surface area contributed by atoms with Gasteiger partial charge in [-0.25, -0.2) is 9.48 Å². The van der Waals surface area contributed by atoms with E-state index < -0.39 is 0 Å². The van der Waals surface area contributed by atoms with Crippen LogP contribution in [0.1, 0.15) is 66.1 Å². The van der Waals surface area contributed by atoms with E-state index in [0.29, 0.717) is 18.1 Å². The van der Waals surface area contributed by atoms with Crippen molar-refractivity contribution in [3.05, 3.63) is 41.6 Å². The van der Waals surface area contributed by atoms with Gasteiger partial charge in [0.15, 0.2) is 0 Å². The van der Waals surface area contributed by atoms with Crippen molar-refractivity contribution >= 4 is 23.4 Å². The lowest BCUT2D eigenvalue weighted by Crippen LogP contribution is -2.29. The molecule has 3 amide bonds. The van der Waals surface area contributed by atoms with Crippen LogP contribution in [0.3, 0.4) is 0 Å². The van der Waals surface area contributed by atoms with E-state index in [2.05, 4.69) is 57.5 Å². The zero-order chi connectivity index (χ0) is 22.5. The molecule has 7 nitrogen and oxygen atoms in total. The molecule has 0 aliphatic rings. The van der Waals surface area contributed by atoms with Gasteiger partial charge in [-0.05, 0) is 44.9 Å². The molecule has 2 aromatic rings. The molecule has 0 unspecified atom stereocenters. The topological polar surface area (TPSA) is 88.1 Å². The summed E-state index contributed by atoms with van der Waals surface area (Å²) in [5.41, 5.74) is 2.13. The molecular formula is C23H35N5O2. The van der Waals surface area contributed by atoms with Gasteiger partial charge < -0.3 is 16.0 Å². The minimum atomic E-state index is -0.252. The molecule has 30 heavy (non-hydrogen) atoms. The number of urea groups is 1. The smallest absolute Gasteiger partial charge is 0.319 e. The lowest BCUT2D eigenvalue weighted by Gasteiger charge is -2.23. The van der Waals surface area contributed by atoms with Crippen LogP contribution in [0.15, 0.2) is 30.3 Å². The molecule has 0 radical (unpaired) electrons. The van der Waals surface area contributed by atoms with Crippen molar-refractivity contribution in [2.45, 2.75) is 72.3 Å². The van der Waals surface area contributed by atoms with E-state index in [9.17, 15) is 9.59 Å². The molecule has 3 N–H and O–H groups in total. The van der Waals surface area contributed by atoms with E-state index in [1.807, 2.05) is 29.8 Å². The molecule has 0 saturated carbocycles. The van der Waals surface area contributed by atoms with Crippen molar-refractivity contribution in [1.29, 1.82) is 0 Å². The Morgan fingerprint density at radius 1 is 1.00 bits per heavy atom. The van der Waals surface area contributed by atoms with E-state index in [1.54, 1.807) is 12.1 Å². The van der Waals surface area contributed by atoms with Gasteiger partial charge in [0.05, 0.1) is 17.7 Å². The third-order valence-electron chi connectivity index (χ3n) is 4.49. The lowest BCUT2D eigenvalue weighted by molar-refractivity contribution is -0.115. The normalized spacial score (nSPS) is 11.8. The number of amides is 3. The summed E-state index contributed by atoms with van der Waals surface area (Å²) < 4.78 is 1.87. The van der Waals surface area contributed by atoms with Crippen LogP contribution in [-0.2, 0) is 22.2 Å². The summed E-state index contributed by atoms with van der Waals surface area (Å²) in [7, 11) is 0. The predicted molar refractivity (Wildman–Crippen MR) is 122 cm³/mol. The van der Waals surface area contributed by atoms with Crippen LogP contribution in [-0.4, -0.2) is 28.3 Å². The Hall–Kier alpha value is -2.83. The highest BCUT2D eigenvalue weighted by atomic mass is 16.2. The molecule has 0 bridgehead atoms. The molecule has 0 spiro atoms. The fraction of sp³-hybridized carbons (Fsp3) is 0.522. The number of anilines is 2. The van der Waals surface area contributed by atoms with E-state index >= 15 is 0 Å². The molecule has 0 atom stereocenters. The number of carbonyl (C=O) groups is 2. The van der Waals surface area contributed by atoms with Gasteiger partial charge in [-0.1, -0.05) is 39.8 Å². The fourth-order valence-corrected chi connectivity index (χ4v) is 2.84.